The maximum atomic E-state index is 12.2. The van der Waals surface area contributed by atoms with Crippen LogP contribution in [0.1, 0.15) is 11.5 Å². The summed E-state index contributed by atoms with van der Waals surface area (Å²) in [6, 6.07) is 12.8. The van der Waals surface area contributed by atoms with Gasteiger partial charge in [0.15, 0.2) is 0 Å². The number of likely N-dealkylation sites (N-methyl/N-ethyl adjacent to an activating group) is 1. The van der Waals surface area contributed by atoms with Crippen molar-refractivity contribution in [3.63, 3.8) is 0 Å². The van der Waals surface area contributed by atoms with E-state index in [9.17, 15) is 4.79 Å². The molecule has 1 amide bonds. The molecule has 0 atom stereocenters. The molecule has 1 heterocycles. The molecule has 0 spiro atoms. The van der Waals surface area contributed by atoms with Crippen LogP contribution in [0.2, 0.25) is 10.0 Å². The summed E-state index contributed by atoms with van der Waals surface area (Å²) in [5.74, 6) is 0.781. The molecule has 0 aliphatic rings. The lowest BCUT2D eigenvalue weighted by Gasteiger charge is -2.14. The van der Waals surface area contributed by atoms with E-state index < -0.39 is 0 Å². The first-order chi connectivity index (χ1) is 12.9. The first-order valence-electron chi connectivity index (χ1n) is 8.24. The number of hydrogen-bond donors (Lipinski definition) is 1. The lowest BCUT2D eigenvalue weighted by atomic mass is 10.1. The summed E-state index contributed by atoms with van der Waals surface area (Å²) >= 11 is 11.8. The molecule has 27 heavy (non-hydrogen) atoms. The van der Waals surface area contributed by atoms with Gasteiger partial charge in [-0.15, -0.1) is 0 Å². The van der Waals surface area contributed by atoms with Crippen LogP contribution < -0.4 is 5.32 Å². The third kappa shape index (κ3) is 5.29. The van der Waals surface area contributed by atoms with Crippen molar-refractivity contribution in [2.75, 3.05) is 18.9 Å². The number of carbonyl (C=O) groups is 1. The number of carbonyl (C=O) groups excluding carboxylic acids is 1. The predicted octanol–water partition coefficient (Wildman–Crippen LogP) is 4.42. The minimum Gasteiger partial charge on any atom is -0.338 e. The van der Waals surface area contributed by atoms with Crippen molar-refractivity contribution >= 4 is 34.8 Å². The van der Waals surface area contributed by atoms with E-state index in [0.717, 1.165) is 11.1 Å². The van der Waals surface area contributed by atoms with Gasteiger partial charge in [0.25, 0.3) is 0 Å². The van der Waals surface area contributed by atoms with Crippen molar-refractivity contribution in [2.45, 2.75) is 13.5 Å². The molecule has 0 fully saturated rings. The van der Waals surface area contributed by atoms with Crippen LogP contribution in [0.4, 0.5) is 5.69 Å². The van der Waals surface area contributed by atoms with Gasteiger partial charge in [0, 0.05) is 11.3 Å². The van der Waals surface area contributed by atoms with Gasteiger partial charge < -0.3 is 9.84 Å². The number of nitrogens with one attached hydrogen (secondary N) is 1. The van der Waals surface area contributed by atoms with Gasteiger partial charge in [-0.05, 0) is 32.2 Å². The van der Waals surface area contributed by atoms with Gasteiger partial charge in [0.05, 0.1) is 23.1 Å². The standard InChI is InChI=1S/C19H18Cl2N4O2/c1-12-3-5-13(6-4-12)19-23-18(27-24-19)11-25(2)10-17(26)22-14-7-8-15(20)16(21)9-14/h3-9H,10-11H2,1-2H3,(H,22,26). The Hall–Kier alpha value is -2.41. The van der Waals surface area contributed by atoms with Gasteiger partial charge in [-0.3, -0.25) is 9.69 Å². The van der Waals surface area contributed by atoms with E-state index in [-0.39, 0.29) is 12.5 Å². The molecule has 0 unspecified atom stereocenters. The fraction of sp³-hybridized carbons (Fsp3) is 0.211. The van der Waals surface area contributed by atoms with Crippen LogP contribution in [0.3, 0.4) is 0 Å². The predicted molar refractivity (Wildman–Crippen MR) is 106 cm³/mol. The van der Waals surface area contributed by atoms with Crippen LogP contribution >= 0.6 is 23.2 Å². The topological polar surface area (TPSA) is 71.3 Å². The van der Waals surface area contributed by atoms with Crippen LogP contribution in [0.25, 0.3) is 11.4 Å². The highest BCUT2D eigenvalue weighted by molar-refractivity contribution is 6.42. The molecule has 0 radical (unpaired) electrons. The maximum absolute atomic E-state index is 12.2. The normalized spacial score (nSPS) is 11.0. The lowest BCUT2D eigenvalue weighted by molar-refractivity contribution is -0.117. The van der Waals surface area contributed by atoms with Crippen molar-refractivity contribution < 1.29 is 9.32 Å². The second-order valence-corrected chi connectivity index (χ2v) is 7.04. The Morgan fingerprint density at radius 2 is 1.89 bits per heavy atom. The van der Waals surface area contributed by atoms with Crippen LogP contribution in [0.15, 0.2) is 47.0 Å². The number of halogens is 2. The molecule has 0 aliphatic carbocycles. The summed E-state index contributed by atoms with van der Waals surface area (Å²) in [7, 11) is 1.80. The first kappa shape index (κ1) is 19.4. The third-order valence-corrected chi connectivity index (χ3v) is 4.54. The zero-order chi connectivity index (χ0) is 19.4. The van der Waals surface area contributed by atoms with E-state index in [4.69, 9.17) is 27.7 Å². The maximum Gasteiger partial charge on any atom is 0.241 e. The van der Waals surface area contributed by atoms with E-state index in [2.05, 4.69) is 15.5 Å². The number of rotatable bonds is 6. The van der Waals surface area contributed by atoms with Crippen LogP contribution in [0, 0.1) is 6.92 Å². The van der Waals surface area contributed by atoms with E-state index in [1.165, 1.54) is 0 Å². The SMILES string of the molecule is Cc1ccc(-c2noc(CN(C)CC(=O)Nc3ccc(Cl)c(Cl)c3)n2)cc1. The average Bonchev–Trinajstić information content (AvgIpc) is 3.07. The number of aromatic nitrogens is 2. The number of benzene rings is 2. The van der Waals surface area contributed by atoms with E-state index in [1.807, 2.05) is 31.2 Å². The molecule has 140 valence electrons. The highest BCUT2D eigenvalue weighted by Crippen LogP contribution is 2.25. The van der Waals surface area contributed by atoms with Crippen molar-refractivity contribution in [2.24, 2.45) is 0 Å². The Balaban J connectivity index is 1.55. The Morgan fingerprint density at radius 3 is 2.59 bits per heavy atom. The zero-order valence-electron chi connectivity index (χ0n) is 14.9. The molecular formula is C19H18Cl2N4O2. The Labute approximate surface area is 167 Å². The van der Waals surface area contributed by atoms with Crippen molar-refractivity contribution in [3.05, 3.63) is 64.0 Å². The molecule has 6 nitrogen and oxygen atoms in total. The van der Waals surface area contributed by atoms with Crippen LogP contribution in [-0.4, -0.2) is 34.5 Å². The summed E-state index contributed by atoms with van der Waals surface area (Å²) < 4.78 is 5.28. The highest BCUT2D eigenvalue weighted by atomic mass is 35.5. The second-order valence-electron chi connectivity index (χ2n) is 6.23. The van der Waals surface area contributed by atoms with Crippen LogP contribution in [0.5, 0.6) is 0 Å². The summed E-state index contributed by atoms with van der Waals surface area (Å²) in [4.78, 5) is 18.3. The molecule has 2 aromatic carbocycles. The quantitative estimate of drug-likeness (QED) is 0.657. The summed E-state index contributed by atoms with van der Waals surface area (Å²) in [5.41, 5.74) is 2.63. The minimum atomic E-state index is -0.186. The van der Waals surface area contributed by atoms with Gasteiger partial charge in [0.1, 0.15) is 0 Å². The van der Waals surface area contributed by atoms with Gasteiger partial charge in [-0.1, -0.05) is 58.2 Å². The van der Waals surface area contributed by atoms with Gasteiger partial charge in [-0.25, -0.2) is 0 Å². The third-order valence-electron chi connectivity index (χ3n) is 3.80. The Bertz CT molecular complexity index is 941. The second kappa shape index (κ2) is 8.52. The molecule has 0 bridgehead atoms. The molecule has 1 N–H and O–H groups in total. The van der Waals surface area contributed by atoms with E-state index >= 15 is 0 Å². The zero-order valence-corrected chi connectivity index (χ0v) is 16.4. The van der Waals surface area contributed by atoms with Gasteiger partial charge in [-0.2, -0.15) is 4.98 Å². The highest BCUT2D eigenvalue weighted by Gasteiger charge is 2.13. The summed E-state index contributed by atoms with van der Waals surface area (Å²) in [6.45, 7) is 2.53. The van der Waals surface area contributed by atoms with Crippen molar-refractivity contribution in [1.82, 2.24) is 15.0 Å². The van der Waals surface area contributed by atoms with Crippen molar-refractivity contribution in [3.8, 4) is 11.4 Å². The molecule has 0 saturated carbocycles. The summed E-state index contributed by atoms with van der Waals surface area (Å²) in [5, 5.41) is 7.59. The molecular weight excluding hydrogens is 387 g/mol. The van der Waals surface area contributed by atoms with E-state index in [0.29, 0.717) is 34.0 Å². The Morgan fingerprint density at radius 1 is 1.15 bits per heavy atom. The number of aryl methyl sites for hydroxylation is 1. The fourth-order valence-corrected chi connectivity index (χ4v) is 2.74. The van der Waals surface area contributed by atoms with Gasteiger partial charge >= 0.3 is 0 Å². The number of anilines is 1. The van der Waals surface area contributed by atoms with Gasteiger partial charge in [0.2, 0.25) is 17.6 Å². The molecule has 0 aliphatic heterocycles. The average molecular weight is 405 g/mol. The van der Waals surface area contributed by atoms with Crippen molar-refractivity contribution in [1.29, 1.82) is 0 Å². The smallest absolute Gasteiger partial charge is 0.241 e. The van der Waals surface area contributed by atoms with E-state index in [1.54, 1.807) is 30.1 Å². The number of amides is 1. The molecule has 3 aromatic rings. The summed E-state index contributed by atoms with van der Waals surface area (Å²) in [6.07, 6.45) is 0. The molecule has 8 heteroatoms. The fourth-order valence-electron chi connectivity index (χ4n) is 2.45. The van der Waals surface area contributed by atoms with Crippen LogP contribution in [-0.2, 0) is 11.3 Å². The first-order valence-corrected chi connectivity index (χ1v) is 8.99. The molecule has 3 rings (SSSR count). The minimum absolute atomic E-state index is 0.155. The number of hydrogen-bond acceptors (Lipinski definition) is 5. The monoisotopic (exact) mass is 404 g/mol. The molecule has 0 saturated heterocycles. The Kier molecular flexibility index (Phi) is 6.11. The largest absolute Gasteiger partial charge is 0.338 e. The lowest BCUT2D eigenvalue weighted by Crippen LogP contribution is -2.29. The molecule has 1 aromatic heterocycles. The number of nitrogens with zero attached hydrogens (tertiary/aromatic N) is 3.